The highest BCUT2D eigenvalue weighted by molar-refractivity contribution is 6.31. The van der Waals surface area contributed by atoms with Crippen molar-refractivity contribution in [2.45, 2.75) is 48.4 Å². The molecule has 0 unspecified atom stereocenters. The lowest BCUT2D eigenvalue weighted by Gasteiger charge is -2.62. The third-order valence-electron chi connectivity index (χ3n) is 9.98. The normalized spacial score (nSPS) is 26.7. The Morgan fingerprint density at radius 1 is 0.889 bits per heavy atom. The van der Waals surface area contributed by atoms with Gasteiger partial charge in [-0.1, -0.05) is 89.9 Å². The van der Waals surface area contributed by atoms with Crippen LogP contribution in [0.25, 0.3) is 0 Å². The second-order valence-corrected chi connectivity index (χ2v) is 13.3. The van der Waals surface area contributed by atoms with E-state index in [1.807, 2.05) is 60.7 Å². The highest BCUT2D eigenvalue weighted by atomic mass is 35.5. The molecule has 1 aliphatic carbocycles. The molecule has 0 bridgehead atoms. The Morgan fingerprint density at radius 2 is 1.53 bits per heavy atom. The van der Waals surface area contributed by atoms with Gasteiger partial charge in [-0.05, 0) is 53.3 Å². The van der Waals surface area contributed by atoms with Gasteiger partial charge in [-0.25, -0.2) is 9.37 Å². The molecule has 232 valence electrons. The predicted octanol–water partition coefficient (Wildman–Crippen LogP) is 8.16. The number of esters is 1. The molecule has 5 atom stereocenters. The summed E-state index contributed by atoms with van der Waals surface area (Å²) in [4.78, 5) is 20.4. The maximum Gasteiger partial charge on any atom is 0.324 e. The molecule has 0 amide bonds. The molecular weight excluding hydrogens is 622 g/mol. The molecule has 3 fully saturated rings. The first-order valence-corrected chi connectivity index (χ1v) is 15.5. The van der Waals surface area contributed by atoms with Crippen molar-refractivity contribution in [2.75, 3.05) is 19.1 Å². The van der Waals surface area contributed by atoms with Gasteiger partial charge in [0.15, 0.2) is 11.0 Å². The fraction of sp³-hybridized carbons (Fsp3) is 0.314. The number of carbonyl (C=O) groups is 1. The van der Waals surface area contributed by atoms with Crippen LogP contribution in [0.4, 0.5) is 18.9 Å². The minimum Gasteiger partial charge on any atom is -0.454 e. The zero-order chi connectivity index (χ0) is 31.5. The third kappa shape index (κ3) is 4.64. The predicted molar refractivity (Wildman–Crippen MR) is 167 cm³/mol. The number of rotatable bonds is 6. The molecule has 7 rings (SSSR count). The standard InChI is InChI=1S/C35H30Cl2F3N3O2/c36-22-11-12-23(25(41)15-22)27-26(24-13-14-42-32(37)28(24)40)30-33(44)45-31(21-9-5-2-6-10-21)29(20-7-3-1-4-8-20)43(30)35(27)16-34(17-35,18-38)19-39/h1-15,26-27,29-31H,16-19,41H2/t26-,27+,29-,30-,31+/m1/s1. The second kappa shape index (κ2) is 11.3. The lowest BCUT2D eigenvalue weighted by atomic mass is 9.51. The number of anilines is 1. The molecule has 1 spiro atoms. The smallest absolute Gasteiger partial charge is 0.324 e. The van der Waals surface area contributed by atoms with E-state index in [0.717, 1.165) is 11.1 Å². The summed E-state index contributed by atoms with van der Waals surface area (Å²) in [5.41, 5.74) is 7.04. The molecular formula is C35H30Cl2F3N3O2. The van der Waals surface area contributed by atoms with Gasteiger partial charge >= 0.3 is 5.97 Å². The Morgan fingerprint density at radius 3 is 2.16 bits per heavy atom. The van der Waals surface area contributed by atoms with E-state index in [2.05, 4.69) is 9.88 Å². The van der Waals surface area contributed by atoms with Crippen LogP contribution in [0, 0.1) is 11.2 Å². The number of hydrogen-bond acceptors (Lipinski definition) is 5. The number of benzene rings is 3. The molecule has 3 aliphatic rings. The van der Waals surface area contributed by atoms with Crippen molar-refractivity contribution in [2.24, 2.45) is 5.41 Å². The fourth-order valence-corrected chi connectivity index (χ4v) is 8.69. The summed E-state index contributed by atoms with van der Waals surface area (Å²) in [6.45, 7) is -1.76. The second-order valence-electron chi connectivity index (χ2n) is 12.5. The van der Waals surface area contributed by atoms with Crippen molar-refractivity contribution in [3.8, 4) is 0 Å². The number of fused-ring (bicyclic) bond motifs is 2. The SMILES string of the molecule is Nc1cc(Cl)ccc1[C@H]1[C@@H](c2ccnc(Cl)c2F)[C@@H]2C(=O)O[C@@H](c3ccccc3)[C@@H](c3ccccc3)N2C12CC(CF)(CF)C2. The number of halogens is 5. The van der Waals surface area contributed by atoms with Crippen LogP contribution in [-0.2, 0) is 9.53 Å². The molecule has 0 radical (unpaired) electrons. The minimum atomic E-state index is -1.27. The topological polar surface area (TPSA) is 68.4 Å². The average molecular weight is 653 g/mol. The van der Waals surface area contributed by atoms with Gasteiger partial charge in [0.2, 0.25) is 0 Å². The van der Waals surface area contributed by atoms with Crippen molar-refractivity contribution in [3.63, 3.8) is 0 Å². The molecule has 2 saturated heterocycles. The van der Waals surface area contributed by atoms with Crippen LogP contribution in [0.3, 0.4) is 0 Å². The Kier molecular flexibility index (Phi) is 7.58. The van der Waals surface area contributed by atoms with Crippen molar-refractivity contribution >= 4 is 34.9 Å². The number of nitrogens with zero attached hydrogens (tertiary/aromatic N) is 2. The summed E-state index contributed by atoms with van der Waals surface area (Å²) >= 11 is 12.5. The van der Waals surface area contributed by atoms with Gasteiger partial charge in [-0.15, -0.1) is 0 Å². The maximum atomic E-state index is 16.1. The molecule has 5 nitrogen and oxygen atoms in total. The molecule has 3 aromatic carbocycles. The summed E-state index contributed by atoms with van der Waals surface area (Å²) in [5, 5.41) is 0.0566. The van der Waals surface area contributed by atoms with Crippen LogP contribution >= 0.6 is 23.2 Å². The van der Waals surface area contributed by atoms with Gasteiger partial charge in [0.25, 0.3) is 0 Å². The Balaban J connectivity index is 1.54. The number of aromatic nitrogens is 1. The highest BCUT2D eigenvalue weighted by Crippen LogP contribution is 2.71. The molecule has 10 heteroatoms. The average Bonchev–Trinajstić information content (AvgIpc) is 3.33. The summed E-state index contributed by atoms with van der Waals surface area (Å²) in [7, 11) is 0. The zero-order valence-corrected chi connectivity index (χ0v) is 25.6. The lowest BCUT2D eigenvalue weighted by Crippen LogP contribution is -2.67. The third-order valence-corrected chi connectivity index (χ3v) is 10.5. The van der Waals surface area contributed by atoms with Crippen molar-refractivity contribution in [1.82, 2.24) is 9.88 Å². The van der Waals surface area contributed by atoms with E-state index in [1.165, 1.54) is 12.3 Å². The number of hydrogen-bond donors (Lipinski definition) is 1. The highest BCUT2D eigenvalue weighted by Gasteiger charge is 2.73. The van der Waals surface area contributed by atoms with E-state index < -0.39 is 66.1 Å². The number of pyridine rings is 1. The van der Waals surface area contributed by atoms with Gasteiger partial charge in [0, 0.05) is 39.7 Å². The molecule has 3 heterocycles. The molecule has 2 N–H and O–H groups in total. The van der Waals surface area contributed by atoms with Gasteiger partial charge in [-0.3, -0.25) is 18.5 Å². The van der Waals surface area contributed by atoms with E-state index in [9.17, 15) is 13.6 Å². The van der Waals surface area contributed by atoms with Crippen LogP contribution in [0.1, 0.15) is 59.1 Å². The maximum absolute atomic E-state index is 16.1. The van der Waals surface area contributed by atoms with E-state index in [0.29, 0.717) is 16.3 Å². The first kappa shape index (κ1) is 30.1. The van der Waals surface area contributed by atoms with Crippen LogP contribution < -0.4 is 5.73 Å². The van der Waals surface area contributed by atoms with Gasteiger partial charge in [0.05, 0.1) is 19.4 Å². The van der Waals surface area contributed by atoms with Crippen molar-refractivity contribution < 1.29 is 22.7 Å². The first-order valence-electron chi connectivity index (χ1n) is 14.8. The number of carbonyl (C=O) groups excluding carboxylic acids is 1. The Labute approximate surface area is 269 Å². The van der Waals surface area contributed by atoms with Crippen LogP contribution in [0.5, 0.6) is 0 Å². The van der Waals surface area contributed by atoms with Gasteiger partial charge in [0.1, 0.15) is 12.1 Å². The first-order chi connectivity index (χ1) is 21.7. The number of ether oxygens (including phenoxy) is 1. The van der Waals surface area contributed by atoms with Crippen molar-refractivity contribution in [1.29, 1.82) is 0 Å². The monoisotopic (exact) mass is 651 g/mol. The number of morpholine rings is 1. The van der Waals surface area contributed by atoms with Crippen molar-refractivity contribution in [3.05, 3.63) is 129 Å². The summed E-state index contributed by atoms with van der Waals surface area (Å²) < 4.78 is 51.8. The zero-order valence-electron chi connectivity index (χ0n) is 24.1. The van der Waals surface area contributed by atoms with Crippen LogP contribution in [0.2, 0.25) is 10.2 Å². The van der Waals surface area contributed by atoms with Crippen LogP contribution in [0.15, 0.2) is 91.1 Å². The molecule has 1 aromatic heterocycles. The molecule has 1 saturated carbocycles. The molecule has 4 aromatic rings. The number of nitrogen functional groups attached to an aromatic ring is 1. The minimum absolute atomic E-state index is 0.0747. The Bertz CT molecular complexity index is 1730. The Hall–Kier alpha value is -3.59. The largest absolute Gasteiger partial charge is 0.454 e. The summed E-state index contributed by atoms with van der Waals surface area (Å²) in [5.74, 6) is -2.91. The van der Waals surface area contributed by atoms with E-state index in [-0.39, 0.29) is 23.6 Å². The van der Waals surface area contributed by atoms with Crippen LogP contribution in [-0.4, -0.2) is 40.8 Å². The molecule has 2 aliphatic heterocycles. The van der Waals surface area contributed by atoms with Gasteiger partial charge in [-0.2, -0.15) is 0 Å². The quantitative estimate of drug-likeness (QED) is 0.129. The molecule has 45 heavy (non-hydrogen) atoms. The van der Waals surface area contributed by atoms with E-state index in [1.54, 1.807) is 18.2 Å². The fourth-order valence-electron chi connectivity index (χ4n) is 8.35. The number of nitrogens with two attached hydrogens (primary N) is 1. The van der Waals surface area contributed by atoms with E-state index in [4.69, 9.17) is 33.7 Å². The number of cyclic esters (lactones) is 1. The summed E-state index contributed by atoms with van der Waals surface area (Å²) in [6, 6.07) is 23.9. The lowest BCUT2D eigenvalue weighted by molar-refractivity contribution is -0.196. The van der Waals surface area contributed by atoms with E-state index >= 15 is 4.39 Å². The number of alkyl halides is 2. The van der Waals surface area contributed by atoms with Gasteiger partial charge < -0.3 is 10.5 Å². The summed E-state index contributed by atoms with van der Waals surface area (Å²) in [6.07, 6.45) is 0.784.